The highest BCUT2D eigenvalue weighted by Gasteiger charge is 2.21. The molecule has 1 amide bonds. The Bertz CT molecular complexity index is 1260. The highest BCUT2D eigenvalue weighted by molar-refractivity contribution is 7.99. The van der Waals surface area contributed by atoms with Gasteiger partial charge in [0.1, 0.15) is 5.82 Å². The second kappa shape index (κ2) is 11.3. The van der Waals surface area contributed by atoms with Crippen LogP contribution in [0.25, 0.3) is 0 Å². The molecule has 0 spiro atoms. The molecule has 2 heterocycles. The van der Waals surface area contributed by atoms with Crippen molar-refractivity contribution < 1.29 is 18.7 Å². The molecule has 0 atom stereocenters. The topological polar surface area (TPSA) is 104 Å². The highest BCUT2D eigenvalue weighted by atomic mass is 32.2. The van der Waals surface area contributed by atoms with Crippen LogP contribution in [0.15, 0.2) is 58.5 Å². The number of H-pyrrole nitrogens is 1. The van der Waals surface area contributed by atoms with E-state index < -0.39 is 5.97 Å². The quantitative estimate of drug-likeness (QED) is 0.280. The number of amides is 1. The second-order valence-electron chi connectivity index (χ2n) is 8.02. The lowest BCUT2D eigenvalue weighted by molar-refractivity contribution is -0.113. The lowest BCUT2D eigenvalue weighted by atomic mass is 10.1. The SMILES string of the molecule is CCOC(=O)c1ccc(NC(=O)CSc2nc3c(c(=O)[nH]2)CN(Cc2ccc(F)cc2)CC3)cc1. The van der Waals surface area contributed by atoms with Crippen molar-refractivity contribution in [3.8, 4) is 0 Å². The van der Waals surface area contributed by atoms with E-state index in [-0.39, 0.29) is 23.0 Å². The fourth-order valence-electron chi connectivity index (χ4n) is 3.74. The van der Waals surface area contributed by atoms with Gasteiger partial charge in [0.25, 0.3) is 5.56 Å². The Hall–Kier alpha value is -3.50. The molecule has 0 fully saturated rings. The zero-order chi connectivity index (χ0) is 24.8. The Kier molecular flexibility index (Phi) is 7.94. The molecule has 2 N–H and O–H groups in total. The molecule has 8 nitrogen and oxygen atoms in total. The number of ether oxygens (including phenoxy) is 1. The molecule has 35 heavy (non-hydrogen) atoms. The molecule has 1 aliphatic rings. The van der Waals surface area contributed by atoms with Gasteiger partial charge in [0.15, 0.2) is 5.16 Å². The Morgan fingerprint density at radius 1 is 1.17 bits per heavy atom. The number of hydrogen-bond donors (Lipinski definition) is 2. The molecule has 3 aromatic rings. The molecule has 0 saturated carbocycles. The number of aromatic nitrogens is 2. The average Bonchev–Trinajstić information content (AvgIpc) is 2.85. The van der Waals surface area contributed by atoms with Crippen molar-refractivity contribution in [2.45, 2.75) is 31.6 Å². The van der Waals surface area contributed by atoms with Gasteiger partial charge in [-0.25, -0.2) is 14.2 Å². The van der Waals surface area contributed by atoms with Crippen LogP contribution in [0.3, 0.4) is 0 Å². The number of benzene rings is 2. The number of thioether (sulfide) groups is 1. The summed E-state index contributed by atoms with van der Waals surface area (Å²) in [4.78, 5) is 46.2. The summed E-state index contributed by atoms with van der Waals surface area (Å²) in [5.41, 5.74) is 3.09. The molecule has 2 aromatic carbocycles. The molecule has 1 aromatic heterocycles. The summed E-state index contributed by atoms with van der Waals surface area (Å²) in [5.74, 6) is -0.881. The van der Waals surface area contributed by atoms with Gasteiger partial charge in [-0.3, -0.25) is 14.5 Å². The number of carbonyl (C=O) groups excluding carboxylic acids is 2. The van der Waals surface area contributed by atoms with Crippen molar-refractivity contribution >= 4 is 29.3 Å². The minimum atomic E-state index is -0.415. The van der Waals surface area contributed by atoms with Crippen LogP contribution in [0.5, 0.6) is 0 Å². The summed E-state index contributed by atoms with van der Waals surface area (Å²) in [5, 5.41) is 3.15. The van der Waals surface area contributed by atoms with Crippen LogP contribution in [-0.4, -0.2) is 45.6 Å². The molecule has 10 heteroatoms. The summed E-state index contributed by atoms with van der Waals surface area (Å²) in [6.45, 7) is 3.84. The Balaban J connectivity index is 1.32. The first-order valence-corrected chi connectivity index (χ1v) is 12.2. The van der Waals surface area contributed by atoms with Gasteiger partial charge >= 0.3 is 5.97 Å². The Morgan fingerprint density at radius 2 is 1.91 bits per heavy atom. The Labute approximate surface area is 205 Å². The van der Waals surface area contributed by atoms with Gasteiger partial charge in [0, 0.05) is 31.7 Å². The van der Waals surface area contributed by atoms with Crippen molar-refractivity contribution in [3.63, 3.8) is 0 Å². The average molecular weight is 497 g/mol. The van der Waals surface area contributed by atoms with Gasteiger partial charge in [0.2, 0.25) is 5.91 Å². The molecule has 1 aliphatic heterocycles. The molecule has 0 saturated heterocycles. The molecule has 0 unspecified atom stereocenters. The second-order valence-corrected chi connectivity index (χ2v) is 8.98. The highest BCUT2D eigenvalue weighted by Crippen LogP contribution is 2.20. The maximum Gasteiger partial charge on any atom is 0.338 e. The molecular formula is C25H25FN4O4S. The van der Waals surface area contributed by atoms with E-state index in [9.17, 15) is 18.8 Å². The van der Waals surface area contributed by atoms with Gasteiger partial charge < -0.3 is 15.0 Å². The van der Waals surface area contributed by atoms with Gasteiger partial charge in [-0.15, -0.1) is 0 Å². The van der Waals surface area contributed by atoms with E-state index in [0.717, 1.165) is 29.6 Å². The van der Waals surface area contributed by atoms with E-state index >= 15 is 0 Å². The summed E-state index contributed by atoms with van der Waals surface area (Å²) in [6.07, 6.45) is 0.618. The van der Waals surface area contributed by atoms with Crippen LogP contribution in [0, 0.1) is 5.82 Å². The van der Waals surface area contributed by atoms with Crippen LogP contribution in [0.2, 0.25) is 0 Å². The third kappa shape index (κ3) is 6.55. The number of carbonyl (C=O) groups is 2. The molecule has 182 valence electrons. The van der Waals surface area contributed by atoms with Crippen LogP contribution < -0.4 is 10.9 Å². The van der Waals surface area contributed by atoms with Crippen molar-refractivity contribution in [2.24, 2.45) is 0 Å². The third-order valence-electron chi connectivity index (χ3n) is 5.47. The largest absolute Gasteiger partial charge is 0.462 e. The van der Waals surface area contributed by atoms with E-state index in [1.165, 1.54) is 12.1 Å². The number of halogens is 1. The predicted octanol–water partition coefficient (Wildman–Crippen LogP) is 3.37. The number of nitrogens with one attached hydrogen (secondary N) is 2. The standard InChI is InChI=1S/C25H25FN4O4S/c1-2-34-24(33)17-5-9-19(10-6-17)27-22(31)15-35-25-28-21-11-12-30(14-20(21)23(32)29-25)13-16-3-7-18(26)8-4-16/h3-10H,2,11-15H2,1H3,(H,27,31)(H,28,29,32). The number of nitrogens with zero attached hydrogens (tertiary/aromatic N) is 2. The van der Waals surface area contributed by atoms with E-state index in [0.29, 0.717) is 48.1 Å². The van der Waals surface area contributed by atoms with Crippen molar-refractivity contribution in [1.29, 1.82) is 0 Å². The van der Waals surface area contributed by atoms with Crippen LogP contribution in [0.1, 0.15) is 34.1 Å². The van der Waals surface area contributed by atoms with E-state index in [1.807, 2.05) is 0 Å². The minimum absolute atomic E-state index is 0.0675. The summed E-state index contributed by atoms with van der Waals surface area (Å²) >= 11 is 1.15. The predicted molar refractivity (Wildman–Crippen MR) is 131 cm³/mol. The number of rotatable bonds is 8. The number of fused-ring (bicyclic) bond motifs is 1. The van der Waals surface area contributed by atoms with Gasteiger partial charge in [0.05, 0.1) is 29.2 Å². The van der Waals surface area contributed by atoms with Crippen LogP contribution in [0.4, 0.5) is 10.1 Å². The first kappa shape index (κ1) is 24.6. The first-order valence-electron chi connectivity index (χ1n) is 11.2. The van der Waals surface area contributed by atoms with E-state index in [4.69, 9.17) is 4.74 Å². The molecular weight excluding hydrogens is 471 g/mol. The van der Waals surface area contributed by atoms with E-state index in [1.54, 1.807) is 43.3 Å². The first-order chi connectivity index (χ1) is 16.9. The van der Waals surface area contributed by atoms with Gasteiger partial charge in [-0.1, -0.05) is 23.9 Å². The Morgan fingerprint density at radius 3 is 2.63 bits per heavy atom. The zero-order valence-corrected chi connectivity index (χ0v) is 20.0. The molecule has 0 radical (unpaired) electrons. The number of esters is 1. The molecule has 0 aliphatic carbocycles. The molecule has 4 rings (SSSR count). The maximum absolute atomic E-state index is 13.1. The number of anilines is 1. The van der Waals surface area contributed by atoms with Gasteiger partial charge in [-0.2, -0.15) is 0 Å². The van der Waals surface area contributed by atoms with Crippen molar-refractivity contribution in [3.05, 3.63) is 87.1 Å². The summed E-state index contributed by atoms with van der Waals surface area (Å²) in [6, 6.07) is 12.8. The molecule has 0 bridgehead atoms. The monoisotopic (exact) mass is 496 g/mol. The van der Waals surface area contributed by atoms with Gasteiger partial charge in [-0.05, 0) is 48.9 Å². The third-order valence-corrected chi connectivity index (χ3v) is 6.34. The van der Waals surface area contributed by atoms with Crippen LogP contribution in [-0.2, 0) is 29.0 Å². The number of hydrogen-bond acceptors (Lipinski definition) is 7. The smallest absolute Gasteiger partial charge is 0.338 e. The zero-order valence-electron chi connectivity index (χ0n) is 19.2. The fourth-order valence-corrected chi connectivity index (χ4v) is 4.42. The van der Waals surface area contributed by atoms with Crippen molar-refractivity contribution in [2.75, 3.05) is 24.2 Å². The summed E-state index contributed by atoms with van der Waals surface area (Å²) < 4.78 is 18.1. The fraction of sp³-hybridized carbons (Fsp3) is 0.280. The number of aromatic amines is 1. The normalized spacial score (nSPS) is 13.2. The van der Waals surface area contributed by atoms with Crippen molar-refractivity contribution in [1.82, 2.24) is 14.9 Å². The van der Waals surface area contributed by atoms with Crippen LogP contribution >= 0.6 is 11.8 Å². The maximum atomic E-state index is 13.1. The van der Waals surface area contributed by atoms with E-state index in [2.05, 4.69) is 20.2 Å². The lowest BCUT2D eigenvalue weighted by Crippen LogP contribution is -2.35. The summed E-state index contributed by atoms with van der Waals surface area (Å²) in [7, 11) is 0. The lowest BCUT2D eigenvalue weighted by Gasteiger charge is -2.27. The minimum Gasteiger partial charge on any atom is -0.462 e.